The number of nitrogens with zero attached hydrogens (tertiary/aromatic N) is 5. The molecule has 36 heavy (non-hydrogen) atoms. The molecule has 0 bridgehead atoms. The molecule has 2 N–H and O–H groups in total. The topological polar surface area (TPSA) is 111 Å². The van der Waals surface area contributed by atoms with Crippen LogP contribution < -0.4 is 5.32 Å². The van der Waals surface area contributed by atoms with E-state index in [4.69, 9.17) is 4.74 Å². The summed E-state index contributed by atoms with van der Waals surface area (Å²) in [6.07, 6.45) is 3.73. The van der Waals surface area contributed by atoms with Gasteiger partial charge in [0.15, 0.2) is 0 Å². The molecular formula is C26H34N6O4. The van der Waals surface area contributed by atoms with Gasteiger partial charge in [0.25, 0.3) is 5.91 Å². The number of aliphatic hydroxyl groups is 1. The van der Waals surface area contributed by atoms with E-state index in [2.05, 4.69) is 44.5 Å². The van der Waals surface area contributed by atoms with Crippen molar-refractivity contribution < 1.29 is 19.4 Å². The van der Waals surface area contributed by atoms with Gasteiger partial charge in [0.05, 0.1) is 13.2 Å². The Morgan fingerprint density at radius 1 is 1.03 bits per heavy atom. The lowest BCUT2D eigenvalue weighted by Gasteiger charge is -2.43. The van der Waals surface area contributed by atoms with Gasteiger partial charge >= 0.3 is 6.09 Å². The van der Waals surface area contributed by atoms with Gasteiger partial charge in [0, 0.05) is 57.4 Å². The predicted octanol–water partition coefficient (Wildman–Crippen LogP) is 1.75. The highest BCUT2D eigenvalue weighted by Gasteiger charge is 2.35. The molecule has 2 fully saturated rings. The van der Waals surface area contributed by atoms with E-state index in [1.165, 1.54) is 24.6 Å². The molecule has 10 nitrogen and oxygen atoms in total. The number of likely N-dealkylation sites (tertiary alicyclic amines) is 2. The van der Waals surface area contributed by atoms with E-state index in [1.807, 2.05) is 0 Å². The average molecular weight is 495 g/mol. The quantitative estimate of drug-likeness (QED) is 0.662. The van der Waals surface area contributed by atoms with Crippen LogP contribution in [0.1, 0.15) is 40.9 Å². The molecule has 3 aliphatic rings. The summed E-state index contributed by atoms with van der Waals surface area (Å²) in [4.78, 5) is 39.1. The largest absolute Gasteiger partial charge is 0.453 e. The minimum absolute atomic E-state index is 0.0425. The number of carbonyl (C=O) groups is 2. The van der Waals surface area contributed by atoms with Crippen LogP contribution >= 0.6 is 0 Å². The number of benzene rings is 1. The highest BCUT2D eigenvalue weighted by molar-refractivity contribution is 5.93. The number of hydrogen-bond donors (Lipinski definition) is 2. The highest BCUT2D eigenvalue weighted by atomic mass is 16.5. The van der Waals surface area contributed by atoms with Crippen molar-refractivity contribution in [3.8, 4) is 0 Å². The highest BCUT2D eigenvalue weighted by Crippen LogP contribution is 2.26. The number of ether oxygens (including phenoxy) is 1. The Bertz CT molecular complexity index is 1090. The predicted molar refractivity (Wildman–Crippen MR) is 134 cm³/mol. The first kappa shape index (κ1) is 24.5. The molecule has 1 unspecified atom stereocenters. The fourth-order valence-corrected chi connectivity index (χ4v) is 5.59. The van der Waals surface area contributed by atoms with E-state index in [-0.39, 0.29) is 24.1 Å². The van der Waals surface area contributed by atoms with Crippen molar-refractivity contribution in [2.45, 2.75) is 50.4 Å². The van der Waals surface area contributed by atoms with Gasteiger partial charge in [-0.2, -0.15) is 0 Å². The minimum Gasteiger partial charge on any atom is -0.453 e. The summed E-state index contributed by atoms with van der Waals surface area (Å²) in [6.45, 7) is 3.85. The number of aromatic nitrogens is 2. The first-order valence-electron chi connectivity index (χ1n) is 12.7. The molecule has 0 radical (unpaired) electrons. The van der Waals surface area contributed by atoms with Crippen molar-refractivity contribution in [3.63, 3.8) is 0 Å². The maximum Gasteiger partial charge on any atom is 0.409 e. The van der Waals surface area contributed by atoms with Gasteiger partial charge in [-0.25, -0.2) is 14.8 Å². The number of nitrogens with one attached hydrogen (secondary N) is 1. The van der Waals surface area contributed by atoms with E-state index in [1.54, 1.807) is 15.9 Å². The molecule has 4 heterocycles. The normalized spacial score (nSPS) is 23.2. The molecule has 2 aromatic rings. The number of fused-ring (bicyclic) bond motifs is 1. The van der Waals surface area contributed by atoms with Crippen molar-refractivity contribution in [1.29, 1.82) is 0 Å². The third-order valence-electron chi connectivity index (χ3n) is 7.63. The molecule has 3 aliphatic heterocycles. The molecule has 2 saturated heterocycles. The Balaban J connectivity index is 1.16. The summed E-state index contributed by atoms with van der Waals surface area (Å²) in [7, 11) is 1.39. The van der Waals surface area contributed by atoms with Crippen LogP contribution in [-0.2, 0) is 17.7 Å². The van der Waals surface area contributed by atoms with Crippen LogP contribution in [0.25, 0.3) is 0 Å². The van der Waals surface area contributed by atoms with Crippen molar-refractivity contribution in [2.75, 3.05) is 45.2 Å². The van der Waals surface area contributed by atoms with Crippen molar-refractivity contribution in [3.05, 3.63) is 53.5 Å². The zero-order chi connectivity index (χ0) is 25.1. The average Bonchev–Trinajstić information content (AvgIpc) is 2.92. The smallest absolute Gasteiger partial charge is 0.409 e. The monoisotopic (exact) mass is 494 g/mol. The van der Waals surface area contributed by atoms with Gasteiger partial charge in [0.1, 0.15) is 17.8 Å². The second-order valence-corrected chi connectivity index (χ2v) is 9.83. The number of methoxy groups -OCH3 is 1. The van der Waals surface area contributed by atoms with Gasteiger partial charge in [0.2, 0.25) is 0 Å². The van der Waals surface area contributed by atoms with E-state index in [0.717, 1.165) is 38.8 Å². The number of anilines is 1. The molecule has 10 heteroatoms. The summed E-state index contributed by atoms with van der Waals surface area (Å²) in [6, 6.07) is 10.4. The lowest BCUT2D eigenvalue weighted by Crippen LogP contribution is -2.56. The van der Waals surface area contributed by atoms with Crippen LogP contribution in [0.4, 0.5) is 10.6 Å². The zero-order valence-electron chi connectivity index (χ0n) is 20.7. The lowest BCUT2D eigenvalue weighted by molar-refractivity contribution is -0.0139. The molecule has 192 valence electrons. The van der Waals surface area contributed by atoms with Gasteiger partial charge in [-0.15, -0.1) is 0 Å². The van der Waals surface area contributed by atoms with Crippen LogP contribution in [-0.4, -0.2) is 99.8 Å². The molecule has 0 saturated carbocycles. The second kappa shape index (κ2) is 10.8. The maximum atomic E-state index is 13.2. The SMILES string of the molecule is COC(=O)N1CCC(Nc2cc(C(=O)N3CCC(N4CCc5ccccc5C4)[C@@H](O)C3)ncn2)CC1. The number of piperidine rings is 2. The Labute approximate surface area is 211 Å². The van der Waals surface area contributed by atoms with E-state index in [0.29, 0.717) is 37.7 Å². The number of hydrogen-bond acceptors (Lipinski definition) is 8. The van der Waals surface area contributed by atoms with Crippen LogP contribution in [0.3, 0.4) is 0 Å². The number of carbonyl (C=O) groups excluding carboxylic acids is 2. The van der Waals surface area contributed by atoms with Gasteiger partial charge in [-0.3, -0.25) is 9.69 Å². The van der Waals surface area contributed by atoms with Gasteiger partial charge < -0.3 is 25.0 Å². The lowest BCUT2D eigenvalue weighted by atomic mass is 9.94. The Morgan fingerprint density at radius 3 is 2.53 bits per heavy atom. The van der Waals surface area contributed by atoms with Crippen LogP contribution in [0.5, 0.6) is 0 Å². The molecule has 2 amide bonds. The Hall–Kier alpha value is -3.24. The maximum absolute atomic E-state index is 13.2. The molecule has 1 aromatic heterocycles. The summed E-state index contributed by atoms with van der Waals surface area (Å²) >= 11 is 0. The summed E-state index contributed by atoms with van der Waals surface area (Å²) < 4.78 is 4.79. The Morgan fingerprint density at radius 2 is 1.78 bits per heavy atom. The molecule has 5 rings (SSSR count). The molecule has 0 aliphatic carbocycles. The second-order valence-electron chi connectivity index (χ2n) is 9.83. The van der Waals surface area contributed by atoms with Crippen LogP contribution in [0.15, 0.2) is 36.7 Å². The molecule has 0 spiro atoms. The van der Waals surface area contributed by atoms with E-state index >= 15 is 0 Å². The third-order valence-corrected chi connectivity index (χ3v) is 7.63. The first-order valence-corrected chi connectivity index (χ1v) is 12.7. The van der Waals surface area contributed by atoms with E-state index < -0.39 is 6.10 Å². The van der Waals surface area contributed by atoms with Crippen molar-refractivity contribution >= 4 is 17.8 Å². The van der Waals surface area contributed by atoms with Crippen molar-refractivity contribution in [2.24, 2.45) is 0 Å². The fourth-order valence-electron chi connectivity index (χ4n) is 5.59. The summed E-state index contributed by atoms with van der Waals surface area (Å²) in [5.41, 5.74) is 3.03. The number of aliphatic hydroxyl groups excluding tert-OH is 1. The standard InChI is InChI=1S/C26H34N6O4/c1-36-26(35)30-11-7-20(8-12-30)29-24-14-21(27-17-28-24)25(34)32-13-9-22(23(33)16-32)31-10-6-18-4-2-3-5-19(18)15-31/h2-5,14,17,20,22-23,33H,6-13,15-16H2,1H3,(H,27,28,29)/t22?,23-/m0/s1. The minimum atomic E-state index is -0.604. The summed E-state index contributed by atoms with van der Waals surface area (Å²) in [5, 5.41) is 14.3. The molecular weight excluding hydrogens is 460 g/mol. The fraction of sp³-hybridized carbons (Fsp3) is 0.538. The molecule has 1 aromatic carbocycles. The number of amides is 2. The number of β-amino-alcohol motifs (C(OH)–C–C–N with tert-alkyl or cyclic N) is 1. The van der Waals surface area contributed by atoms with E-state index in [9.17, 15) is 14.7 Å². The third kappa shape index (κ3) is 5.29. The van der Waals surface area contributed by atoms with Crippen LogP contribution in [0.2, 0.25) is 0 Å². The van der Waals surface area contributed by atoms with Gasteiger partial charge in [-0.1, -0.05) is 24.3 Å². The zero-order valence-corrected chi connectivity index (χ0v) is 20.7. The Kier molecular flexibility index (Phi) is 7.33. The number of rotatable bonds is 4. The first-order chi connectivity index (χ1) is 17.5. The van der Waals surface area contributed by atoms with Gasteiger partial charge in [-0.05, 0) is 36.8 Å². The van der Waals surface area contributed by atoms with Crippen LogP contribution in [0, 0.1) is 0 Å². The summed E-state index contributed by atoms with van der Waals surface area (Å²) in [5.74, 6) is 0.398. The van der Waals surface area contributed by atoms with Crippen molar-refractivity contribution in [1.82, 2.24) is 24.7 Å². The molecule has 2 atom stereocenters.